The molecule has 1 aromatic heterocycles. The van der Waals surface area contributed by atoms with Crippen molar-refractivity contribution in [2.24, 2.45) is 0 Å². The minimum absolute atomic E-state index is 0. The second-order valence-corrected chi connectivity index (χ2v) is 6.93. The van der Waals surface area contributed by atoms with Gasteiger partial charge in [-0.25, -0.2) is 0 Å². The number of hydrogen-bond acceptors (Lipinski definition) is 4. The molecule has 2 N–H and O–H groups in total. The largest absolute Gasteiger partial charge is 0.459 e. The lowest BCUT2D eigenvalue weighted by atomic mass is 9.92. The van der Waals surface area contributed by atoms with E-state index in [-0.39, 0.29) is 36.0 Å². The monoisotopic (exact) mass is 389 g/mol. The molecule has 7 heteroatoms. The van der Waals surface area contributed by atoms with E-state index in [1.54, 1.807) is 17.0 Å². The number of fused-ring (bicyclic) bond motifs is 1. The van der Waals surface area contributed by atoms with Crippen LogP contribution in [0.25, 0.3) is 0 Å². The van der Waals surface area contributed by atoms with Crippen LogP contribution in [0.3, 0.4) is 0 Å². The molecule has 1 saturated heterocycles. The van der Waals surface area contributed by atoms with Gasteiger partial charge in [0.25, 0.3) is 5.91 Å². The Morgan fingerprint density at radius 3 is 2.52 bits per heavy atom. The zero-order valence-electron chi connectivity index (χ0n) is 15.0. The van der Waals surface area contributed by atoms with Crippen molar-refractivity contribution in [3.05, 3.63) is 59.5 Å². The van der Waals surface area contributed by atoms with Gasteiger partial charge in [-0.3, -0.25) is 9.59 Å². The molecule has 1 atom stereocenters. The molecular weight excluding hydrogens is 366 g/mol. The fourth-order valence-electron chi connectivity index (χ4n) is 3.78. The minimum Gasteiger partial charge on any atom is -0.459 e. The smallest absolute Gasteiger partial charge is 0.290 e. The van der Waals surface area contributed by atoms with Gasteiger partial charge in [-0.2, -0.15) is 0 Å². The van der Waals surface area contributed by atoms with Crippen molar-refractivity contribution in [3.8, 4) is 0 Å². The highest BCUT2D eigenvalue weighted by atomic mass is 35.5. The first-order valence-electron chi connectivity index (χ1n) is 9.15. The van der Waals surface area contributed by atoms with Gasteiger partial charge in [-0.1, -0.05) is 24.3 Å². The third-order valence-electron chi connectivity index (χ3n) is 5.23. The Bertz CT molecular complexity index is 788. The van der Waals surface area contributed by atoms with Gasteiger partial charge >= 0.3 is 0 Å². The van der Waals surface area contributed by atoms with E-state index in [1.807, 2.05) is 24.3 Å². The van der Waals surface area contributed by atoms with Gasteiger partial charge in [0.15, 0.2) is 5.76 Å². The minimum atomic E-state index is -0.516. The summed E-state index contributed by atoms with van der Waals surface area (Å²) in [6, 6.07) is 11.0. The molecule has 0 radical (unpaired) electrons. The molecule has 2 aliphatic rings. The Hall–Kier alpha value is -2.31. The van der Waals surface area contributed by atoms with Crippen molar-refractivity contribution >= 4 is 24.2 Å². The highest BCUT2D eigenvalue weighted by Gasteiger charge is 2.36. The maximum atomic E-state index is 13.0. The first-order chi connectivity index (χ1) is 12.7. The van der Waals surface area contributed by atoms with Gasteiger partial charge in [0.05, 0.1) is 6.26 Å². The summed E-state index contributed by atoms with van der Waals surface area (Å²) in [5, 5.41) is 6.44. The van der Waals surface area contributed by atoms with Gasteiger partial charge in [-0.15, -0.1) is 12.4 Å². The van der Waals surface area contributed by atoms with Crippen LogP contribution in [-0.2, 0) is 17.8 Å². The van der Waals surface area contributed by atoms with Crippen molar-refractivity contribution in [1.29, 1.82) is 0 Å². The van der Waals surface area contributed by atoms with Gasteiger partial charge in [-0.05, 0) is 49.2 Å². The average Bonchev–Trinajstić information content (AvgIpc) is 3.22. The second-order valence-electron chi connectivity index (χ2n) is 6.93. The third kappa shape index (κ3) is 4.17. The number of carbonyl (C=O) groups excluding carboxylic acids is 2. The number of benzene rings is 1. The lowest BCUT2D eigenvalue weighted by Crippen LogP contribution is -2.55. The number of rotatable bonds is 3. The highest BCUT2D eigenvalue weighted by Crippen LogP contribution is 2.25. The summed E-state index contributed by atoms with van der Waals surface area (Å²) in [5.74, 6) is -0.0506. The van der Waals surface area contributed by atoms with E-state index < -0.39 is 6.04 Å². The van der Waals surface area contributed by atoms with E-state index in [9.17, 15) is 9.59 Å². The zero-order chi connectivity index (χ0) is 17.9. The maximum Gasteiger partial charge on any atom is 0.290 e. The topological polar surface area (TPSA) is 74.6 Å². The van der Waals surface area contributed by atoms with Gasteiger partial charge in [0.2, 0.25) is 5.91 Å². The molecule has 144 valence electrons. The lowest BCUT2D eigenvalue weighted by molar-refractivity contribution is -0.127. The van der Waals surface area contributed by atoms with E-state index in [4.69, 9.17) is 4.42 Å². The molecule has 27 heavy (non-hydrogen) atoms. The standard InChI is InChI=1S/C20H23N3O3.ClH/c24-19(22-16-7-9-21-10-8-16)17-12-14-4-1-2-5-15(14)13-23(17)20(25)18-6-3-11-26-18;/h1-6,11,16-17,21H,7-10,12-13H2,(H,22,24);1H. The molecule has 1 unspecified atom stereocenters. The quantitative estimate of drug-likeness (QED) is 0.843. The van der Waals surface area contributed by atoms with Crippen molar-refractivity contribution in [2.75, 3.05) is 13.1 Å². The number of hydrogen-bond donors (Lipinski definition) is 2. The normalized spacial score (nSPS) is 19.7. The van der Waals surface area contributed by atoms with Crippen LogP contribution in [0.15, 0.2) is 47.1 Å². The molecule has 0 spiro atoms. The van der Waals surface area contributed by atoms with Crippen LogP contribution in [0.2, 0.25) is 0 Å². The summed E-state index contributed by atoms with van der Waals surface area (Å²) in [7, 11) is 0. The van der Waals surface area contributed by atoms with Crippen molar-refractivity contribution < 1.29 is 14.0 Å². The molecule has 3 heterocycles. The average molecular weight is 390 g/mol. The lowest BCUT2D eigenvalue weighted by Gasteiger charge is -2.36. The molecule has 2 amide bonds. The van der Waals surface area contributed by atoms with E-state index in [1.165, 1.54) is 6.26 Å². The molecule has 1 aromatic carbocycles. The van der Waals surface area contributed by atoms with Gasteiger partial charge < -0.3 is 20.0 Å². The fourth-order valence-corrected chi connectivity index (χ4v) is 3.78. The van der Waals surface area contributed by atoms with Gasteiger partial charge in [0, 0.05) is 19.0 Å². The van der Waals surface area contributed by atoms with Crippen molar-refractivity contribution in [3.63, 3.8) is 0 Å². The molecule has 1 fully saturated rings. The molecule has 0 aliphatic carbocycles. The molecule has 6 nitrogen and oxygen atoms in total. The Morgan fingerprint density at radius 1 is 1.07 bits per heavy atom. The predicted molar refractivity (Wildman–Crippen MR) is 104 cm³/mol. The second kappa shape index (κ2) is 8.59. The Balaban J connectivity index is 0.00000210. The maximum absolute atomic E-state index is 13.0. The number of amides is 2. The molecule has 0 bridgehead atoms. The van der Waals surface area contributed by atoms with Crippen LogP contribution in [0.5, 0.6) is 0 Å². The number of carbonyl (C=O) groups is 2. The summed E-state index contributed by atoms with van der Waals surface area (Å²) in [6.45, 7) is 2.24. The Morgan fingerprint density at radius 2 is 1.81 bits per heavy atom. The molecule has 2 aliphatic heterocycles. The third-order valence-corrected chi connectivity index (χ3v) is 5.23. The number of nitrogens with one attached hydrogen (secondary N) is 2. The van der Waals surface area contributed by atoms with Crippen LogP contribution in [0.1, 0.15) is 34.5 Å². The Kier molecular flexibility index (Phi) is 6.19. The van der Waals surface area contributed by atoms with Crippen molar-refractivity contribution in [1.82, 2.24) is 15.5 Å². The van der Waals surface area contributed by atoms with Crippen molar-refractivity contribution in [2.45, 2.75) is 37.9 Å². The molecule has 4 rings (SSSR count). The van der Waals surface area contributed by atoms with Crippen LogP contribution < -0.4 is 10.6 Å². The van der Waals surface area contributed by atoms with E-state index in [2.05, 4.69) is 10.6 Å². The summed E-state index contributed by atoms with van der Waals surface area (Å²) in [6.07, 6.45) is 3.84. The predicted octanol–water partition coefficient (Wildman–Crippen LogP) is 2.14. The zero-order valence-corrected chi connectivity index (χ0v) is 15.8. The summed E-state index contributed by atoms with van der Waals surface area (Å²) >= 11 is 0. The summed E-state index contributed by atoms with van der Waals surface area (Å²) in [4.78, 5) is 27.6. The summed E-state index contributed by atoms with van der Waals surface area (Å²) < 4.78 is 5.28. The first kappa shape index (κ1) is 19.5. The first-order valence-corrected chi connectivity index (χ1v) is 9.15. The molecule has 2 aromatic rings. The van der Waals surface area contributed by atoms with E-state index in [0.29, 0.717) is 13.0 Å². The number of furan rings is 1. The Labute approximate surface area is 164 Å². The number of halogens is 1. The van der Waals surface area contributed by atoms with E-state index >= 15 is 0 Å². The number of nitrogens with zero attached hydrogens (tertiary/aromatic N) is 1. The highest BCUT2D eigenvalue weighted by molar-refractivity contribution is 5.96. The van der Waals surface area contributed by atoms with Gasteiger partial charge in [0.1, 0.15) is 6.04 Å². The SMILES string of the molecule is Cl.O=C(NC1CCNCC1)C1Cc2ccccc2CN1C(=O)c1ccco1. The molecular formula is C20H24ClN3O3. The van der Waals surface area contributed by atoms with Crippen LogP contribution in [0.4, 0.5) is 0 Å². The van der Waals surface area contributed by atoms with Crippen LogP contribution in [0, 0.1) is 0 Å². The summed E-state index contributed by atoms with van der Waals surface area (Å²) in [5.41, 5.74) is 2.21. The van der Waals surface area contributed by atoms with Crippen LogP contribution in [-0.4, -0.2) is 41.9 Å². The van der Waals surface area contributed by atoms with Crippen LogP contribution >= 0.6 is 12.4 Å². The number of piperidine rings is 1. The molecule has 0 saturated carbocycles. The van der Waals surface area contributed by atoms with E-state index in [0.717, 1.165) is 37.1 Å². The fraction of sp³-hybridized carbons (Fsp3) is 0.400.